The van der Waals surface area contributed by atoms with E-state index in [9.17, 15) is 9.59 Å². The Morgan fingerprint density at radius 2 is 1.91 bits per heavy atom. The van der Waals surface area contributed by atoms with Crippen LogP contribution in [0.1, 0.15) is 69.8 Å². The number of amides is 2. The SMILES string of the molecule is CCCCN1C(=O)C(CC(C)C)NC(=O)C12CCN(Cc1c(C)nn(-c3ccccn3)c1C)CC2. The number of likely N-dealkylation sites (tertiary alicyclic amines) is 1. The van der Waals surface area contributed by atoms with E-state index in [1.165, 1.54) is 5.56 Å². The molecule has 2 fully saturated rings. The average molecular weight is 481 g/mol. The van der Waals surface area contributed by atoms with Crippen molar-refractivity contribution < 1.29 is 9.59 Å². The van der Waals surface area contributed by atoms with Crippen LogP contribution < -0.4 is 5.32 Å². The first-order valence-electron chi connectivity index (χ1n) is 13.1. The molecule has 4 heterocycles. The van der Waals surface area contributed by atoms with Gasteiger partial charge >= 0.3 is 0 Å². The largest absolute Gasteiger partial charge is 0.342 e. The quantitative estimate of drug-likeness (QED) is 0.626. The topological polar surface area (TPSA) is 83.4 Å². The van der Waals surface area contributed by atoms with Crippen molar-refractivity contribution in [3.05, 3.63) is 41.3 Å². The third kappa shape index (κ3) is 4.99. The van der Waals surface area contributed by atoms with Crippen LogP contribution in [0.25, 0.3) is 5.82 Å². The van der Waals surface area contributed by atoms with Crippen LogP contribution in [0, 0.1) is 19.8 Å². The second kappa shape index (κ2) is 10.5. The third-order valence-corrected chi connectivity index (χ3v) is 7.62. The Kier molecular flexibility index (Phi) is 7.59. The zero-order chi connectivity index (χ0) is 25.2. The van der Waals surface area contributed by atoms with Crippen LogP contribution in [-0.4, -0.2) is 67.6 Å². The highest BCUT2D eigenvalue weighted by atomic mass is 16.2. The van der Waals surface area contributed by atoms with Crippen molar-refractivity contribution in [2.24, 2.45) is 5.92 Å². The third-order valence-electron chi connectivity index (χ3n) is 7.62. The number of rotatable bonds is 8. The number of carbonyl (C=O) groups is 2. The molecule has 0 saturated carbocycles. The van der Waals surface area contributed by atoms with E-state index in [-0.39, 0.29) is 11.8 Å². The van der Waals surface area contributed by atoms with Gasteiger partial charge in [0, 0.05) is 43.6 Å². The van der Waals surface area contributed by atoms with Gasteiger partial charge in [0.1, 0.15) is 11.6 Å². The molecule has 0 bridgehead atoms. The van der Waals surface area contributed by atoms with Gasteiger partial charge in [0.2, 0.25) is 11.8 Å². The van der Waals surface area contributed by atoms with Gasteiger partial charge in [0.25, 0.3) is 0 Å². The Balaban J connectivity index is 1.49. The van der Waals surface area contributed by atoms with Crippen LogP contribution in [0.2, 0.25) is 0 Å². The second-order valence-electron chi connectivity index (χ2n) is 10.6. The van der Waals surface area contributed by atoms with Gasteiger partial charge in [-0.15, -0.1) is 0 Å². The fraction of sp³-hybridized carbons (Fsp3) is 0.630. The number of nitrogens with one attached hydrogen (secondary N) is 1. The van der Waals surface area contributed by atoms with Crippen molar-refractivity contribution >= 4 is 11.8 Å². The predicted molar refractivity (Wildman–Crippen MR) is 136 cm³/mol. The van der Waals surface area contributed by atoms with Crippen molar-refractivity contribution in [3.8, 4) is 5.82 Å². The molecule has 8 heteroatoms. The lowest BCUT2D eigenvalue weighted by Gasteiger charge is -2.52. The van der Waals surface area contributed by atoms with E-state index < -0.39 is 11.6 Å². The first-order valence-corrected chi connectivity index (χ1v) is 13.1. The number of aromatic nitrogens is 3. The highest BCUT2D eigenvalue weighted by molar-refractivity contribution is 6.00. The summed E-state index contributed by atoms with van der Waals surface area (Å²) in [6.07, 6.45) is 5.71. The molecule has 2 amide bonds. The van der Waals surface area contributed by atoms with Crippen LogP contribution in [-0.2, 0) is 16.1 Å². The van der Waals surface area contributed by atoms with Crippen LogP contribution in [0.5, 0.6) is 0 Å². The van der Waals surface area contributed by atoms with Gasteiger partial charge in [0.15, 0.2) is 5.82 Å². The number of carbonyl (C=O) groups excluding carboxylic acids is 2. The Labute approximate surface area is 209 Å². The number of nitrogens with zero attached hydrogens (tertiary/aromatic N) is 5. The summed E-state index contributed by atoms with van der Waals surface area (Å²) < 4.78 is 1.91. The molecule has 1 N–H and O–H groups in total. The minimum atomic E-state index is -0.724. The molecule has 1 atom stereocenters. The number of hydrogen-bond donors (Lipinski definition) is 1. The lowest BCUT2D eigenvalue weighted by Crippen LogP contribution is -2.73. The summed E-state index contributed by atoms with van der Waals surface area (Å²) in [6, 6.07) is 5.44. The van der Waals surface area contributed by atoms with Gasteiger partial charge in [0.05, 0.1) is 5.69 Å². The number of pyridine rings is 1. The van der Waals surface area contributed by atoms with Crippen LogP contribution in [0.4, 0.5) is 0 Å². The molecule has 0 aromatic carbocycles. The maximum atomic E-state index is 13.5. The fourth-order valence-electron chi connectivity index (χ4n) is 5.56. The maximum Gasteiger partial charge on any atom is 0.246 e. The number of aryl methyl sites for hydroxylation is 1. The molecule has 4 rings (SSSR count). The molecule has 2 aliphatic heterocycles. The lowest BCUT2D eigenvalue weighted by molar-refractivity contribution is -0.161. The van der Waals surface area contributed by atoms with Crippen LogP contribution >= 0.6 is 0 Å². The molecule has 35 heavy (non-hydrogen) atoms. The molecule has 8 nitrogen and oxygen atoms in total. The molecule has 2 aromatic rings. The molecule has 2 saturated heterocycles. The molecule has 0 aliphatic carbocycles. The summed E-state index contributed by atoms with van der Waals surface area (Å²) in [6.45, 7) is 13.4. The molecule has 1 spiro atoms. The lowest BCUT2D eigenvalue weighted by atomic mass is 9.80. The van der Waals surface area contributed by atoms with Gasteiger partial charge in [-0.25, -0.2) is 9.67 Å². The fourth-order valence-corrected chi connectivity index (χ4v) is 5.56. The summed E-state index contributed by atoms with van der Waals surface area (Å²) in [5, 5.41) is 7.84. The van der Waals surface area contributed by atoms with Crippen molar-refractivity contribution in [3.63, 3.8) is 0 Å². The van der Waals surface area contributed by atoms with E-state index in [1.54, 1.807) is 6.20 Å². The Morgan fingerprint density at radius 3 is 2.54 bits per heavy atom. The van der Waals surface area contributed by atoms with Gasteiger partial charge < -0.3 is 10.2 Å². The maximum absolute atomic E-state index is 13.5. The predicted octanol–water partition coefficient (Wildman–Crippen LogP) is 3.39. The Bertz CT molecular complexity index is 1040. The Morgan fingerprint density at radius 1 is 1.17 bits per heavy atom. The zero-order valence-electron chi connectivity index (χ0n) is 21.9. The number of piperazine rings is 1. The molecule has 2 aromatic heterocycles. The molecular formula is C27H40N6O2. The Hall–Kier alpha value is -2.74. The summed E-state index contributed by atoms with van der Waals surface area (Å²) in [5.41, 5.74) is 2.57. The standard InChI is InChI=1S/C27H40N6O2/c1-6-7-14-32-25(34)23(17-19(2)3)29-26(35)27(32)11-15-31(16-12-27)18-22-20(4)30-33(21(22)5)24-10-8-9-13-28-24/h8-10,13,19,23H,6-7,11-12,14-18H2,1-5H3,(H,29,35). The average Bonchev–Trinajstić information content (AvgIpc) is 3.12. The van der Waals surface area contributed by atoms with Gasteiger partial charge in [-0.2, -0.15) is 5.10 Å². The first kappa shape index (κ1) is 25.4. The van der Waals surface area contributed by atoms with E-state index in [0.29, 0.717) is 31.7 Å². The van der Waals surface area contributed by atoms with Gasteiger partial charge in [-0.05, 0) is 57.6 Å². The van der Waals surface area contributed by atoms with Gasteiger partial charge in [-0.3, -0.25) is 14.5 Å². The summed E-state index contributed by atoms with van der Waals surface area (Å²) in [7, 11) is 0. The number of hydrogen-bond acceptors (Lipinski definition) is 5. The highest BCUT2D eigenvalue weighted by Crippen LogP contribution is 2.35. The normalized spacial score (nSPS) is 20.6. The number of piperidine rings is 1. The van der Waals surface area contributed by atoms with E-state index in [0.717, 1.165) is 49.7 Å². The molecule has 1 unspecified atom stereocenters. The first-order chi connectivity index (χ1) is 16.8. The van der Waals surface area contributed by atoms with Crippen molar-refractivity contribution in [1.82, 2.24) is 29.9 Å². The minimum absolute atomic E-state index is 0.0360. The molecular weight excluding hydrogens is 440 g/mol. The molecule has 190 valence electrons. The monoisotopic (exact) mass is 480 g/mol. The summed E-state index contributed by atoms with van der Waals surface area (Å²) >= 11 is 0. The number of unbranched alkanes of at least 4 members (excludes halogenated alkanes) is 1. The van der Waals surface area contributed by atoms with E-state index in [1.807, 2.05) is 34.7 Å². The molecule has 2 aliphatic rings. The van der Waals surface area contributed by atoms with Crippen molar-refractivity contribution in [1.29, 1.82) is 0 Å². The van der Waals surface area contributed by atoms with Crippen LogP contribution in [0.3, 0.4) is 0 Å². The van der Waals surface area contributed by atoms with Crippen molar-refractivity contribution in [2.75, 3.05) is 19.6 Å². The van der Waals surface area contributed by atoms with E-state index >= 15 is 0 Å². The summed E-state index contributed by atoms with van der Waals surface area (Å²) in [5.74, 6) is 1.31. The molecule has 0 radical (unpaired) electrons. The van der Waals surface area contributed by atoms with Crippen LogP contribution in [0.15, 0.2) is 24.4 Å². The summed E-state index contributed by atoms with van der Waals surface area (Å²) in [4.78, 5) is 35.7. The second-order valence-corrected chi connectivity index (χ2v) is 10.6. The zero-order valence-corrected chi connectivity index (χ0v) is 21.9. The van der Waals surface area contributed by atoms with E-state index in [4.69, 9.17) is 5.10 Å². The minimum Gasteiger partial charge on any atom is -0.342 e. The van der Waals surface area contributed by atoms with E-state index in [2.05, 4.69) is 42.9 Å². The smallest absolute Gasteiger partial charge is 0.246 e. The van der Waals surface area contributed by atoms with Gasteiger partial charge in [-0.1, -0.05) is 33.3 Å². The highest BCUT2D eigenvalue weighted by Gasteiger charge is 2.53. The van der Waals surface area contributed by atoms with Crippen molar-refractivity contribution in [2.45, 2.75) is 84.8 Å².